The second kappa shape index (κ2) is 9.57. The van der Waals surface area contributed by atoms with Gasteiger partial charge in [0.05, 0.1) is 12.2 Å². The minimum Gasteiger partial charge on any atom is -0.354 e. The Morgan fingerprint density at radius 3 is 2.60 bits per heavy atom. The number of hydrogen-bond donors (Lipinski definition) is 1. The smallest absolute Gasteiger partial charge is 0.158 e. The van der Waals surface area contributed by atoms with Crippen LogP contribution in [0, 0.1) is 5.92 Å². The summed E-state index contributed by atoms with van der Waals surface area (Å²) < 4.78 is 1.90. The van der Waals surface area contributed by atoms with Crippen molar-refractivity contribution < 1.29 is 4.79 Å². The number of likely N-dealkylation sites (tertiary alicyclic amines) is 1. The first-order valence-corrected chi connectivity index (χ1v) is 13.1. The van der Waals surface area contributed by atoms with Gasteiger partial charge in [-0.15, -0.1) is 0 Å². The molecule has 5 rings (SSSR count). The molecule has 1 fully saturated rings. The van der Waals surface area contributed by atoms with Crippen LogP contribution in [0.1, 0.15) is 76.0 Å². The number of carbonyl (C=O) groups is 1. The number of Topliss-reactive ketones (excluding diaryl/α,β-unsaturated/α-hetero) is 1. The Balaban J connectivity index is 1.47. The lowest BCUT2D eigenvalue weighted by molar-refractivity contribution is -0.123. The number of H-pyrrole nitrogens is 1. The van der Waals surface area contributed by atoms with E-state index >= 15 is 0 Å². The van der Waals surface area contributed by atoms with Gasteiger partial charge in [0.25, 0.3) is 0 Å². The van der Waals surface area contributed by atoms with Crippen LogP contribution in [0.5, 0.6) is 0 Å². The Labute approximate surface area is 207 Å². The van der Waals surface area contributed by atoms with E-state index < -0.39 is 0 Å². The maximum Gasteiger partial charge on any atom is 0.158 e. The van der Waals surface area contributed by atoms with Crippen LogP contribution in [0.2, 0.25) is 0 Å². The van der Waals surface area contributed by atoms with E-state index in [0.717, 1.165) is 43.6 Å². The summed E-state index contributed by atoms with van der Waals surface area (Å²) in [6.45, 7) is 13.3. The van der Waals surface area contributed by atoms with Crippen molar-refractivity contribution in [3.63, 3.8) is 0 Å². The van der Waals surface area contributed by atoms with Gasteiger partial charge in [0.2, 0.25) is 0 Å². The fourth-order valence-electron chi connectivity index (χ4n) is 5.53. The number of aromatic amines is 1. The minimum atomic E-state index is 0.117. The minimum absolute atomic E-state index is 0.117. The molecule has 0 spiro atoms. The third-order valence-electron chi connectivity index (χ3n) is 7.64. The van der Waals surface area contributed by atoms with E-state index in [4.69, 9.17) is 0 Å². The number of aryl methyl sites for hydroxylation is 1. The predicted octanol–water partition coefficient (Wildman–Crippen LogP) is 5.97. The van der Waals surface area contributed by atoms with E-state index in [-0.39, 0.29) is 5.92 Å². The third-order valence-corrected chi connectivity index (χ3v) is 7.64. The number of carbonyl (C=O) groups excluding carboxylic acids is 1. The van der Waals surface area contributed by atoms with Crippen LogP contribution < -0.4 is 0 Å². The largest absolute Gasteiger partial charge is 0.354 e. The van der Waals surface area contributed by atoms with Gasteiger partial charge in [0.1, 0.15) is 12.1 Å². The van der Waals surface area contributed by atoms with Crippen molar-refractivity contribution in [1.82, 2.24) is 24.5 Å². The zero-order chi connectivity index (χ0) is 24.7. The van der Waals surface area contributed by atoms with Gasteiger partial charge in [-0.25, -0.2) is 9.50 Å². The highest BCUT2D eigenvalue weighted by molar-refractivity contribution is 5.92. The quantitative estimate of drug-likeness (QED) is 0.361. The molecule has 1 aliphatic heterocycles. The van der Waals surface area contributed by atoms with Crippen molar-refractivity contribution in [1.29, 1.82) is 0 Å². The highest BCUT2D eigenvalue weighted by atomic mass is 16.1. The van der Waals surface area contributed by atoms with Gasteiger partial charge >= 0.3 is 0 Å². The molecule has 1 aromatic carbocycles. The van der Waals surface area contributed by atoms with Gasteiger partial charge in [0, 0.05) is 28.6 Å². The van der Waals surface area contributed by atoms with E-state index in [1.807, 2.05) is 18.4 Å². The second-order valence-electron chi connectivity index (χ2n) is 10.7. The number of aromatic nitrogens is 4. The number of nitrogens with one attached hydrogen (secondary N) is 1. The van der Waals surface area contributed by atoms with Crippen molar-refractivity contribution >= 4 is 22.3 Å². The molecule has 1 saturated heterocycles. The molecular weight excluding hydrogens is 434 g/mol. The Kier molecular flexibility index (Phi) is 6.49. The predicted molar refractivity (Wildman–Crippen MR) is 142 cm³/mol. The van der Waals surface area contributed by atoms with E-state index in [1.54, 1.807) is 6.33 Å². The van der Waals surface area contributed by atoms with E-state index in [1.165, 1.54) is 33.3 Å². The summed E-state index contributed by atoms with van der Waals surface area (Å²) in [5.41, 5.74) is 8.44. The number of rotatable bonds is 7. The SMILES string of the molecule is CCc1cc(-c2[nH]c3ccc(C4CCN(CC(=O)C(C)C)CC4)cc3c2C(C)C)cn2ncnc12. The molecule has 0 aliphatic carbocycles. The summed E-state index contributed by atoms with van der Waals surface area (Å²) in [5.74, 6) is 1.39. The number of benzene rings is 1. The van der Waals surface area contributed by atoms with Gasteiger partial charge in [0.15, 0.2) is 5.65 Å². The fourth-order valence-corrected chi connectivity index (χ4v) is 5.53. The Morgan fingerprint density at radius 2 is 1.91 bits per heavy atom. The number of nitrogens with zero attached hydrogens (tertiary/aromatic N) is 4. The number of hydrogen-bond acceptors (Lipinski definition) is 4. The van der Waals surface area contributed by atoms with Crippen molar-refractivity contribution in [2.24, 2.45) is 5.92 Å². The second-order valence-corrected chi connectivity index (χ2v) is 10.7. The van der Waals surface area contributed by atoms with Crippen molar-refractivity contribution in [2.45, 2.75) is 65.7 Å². The Morgan fingerprint density at radius 1 is 1.14 bits per heavy atom. The molecule has 6 heteroatoms. The van der Waals surface area contributed by atoms with Crippen LogP contribution in [0.25, 0.3) is 27.8 Å². The van der Waals surface area contributed by atoms with E-state index in [2.05, 4.69) is 71.2 Å². The number of ketones is 1. The molecule has 0 bridgehead atoms. The molecule has 4 aromatic rings. The lowest BCUT2D eigenvalue weighted by Gasteiger charge is -2.32. The summed E-state index contributed by atoms with van der Waals surface area (Å²) in [5, 5.41) is 5.74. The first-order chi connectivity index (χ1) is 16.9. The van der Waals surface area contributed by atoms with Gasteiger partial charge in [-0.2, -0.15) is 5.10 Å². The topological polar surface area (TPSA) is 66.3 Å². The lowest BCUT2D eigenvalue weighted by atomic mass is 9.87. The van der Waals surface area contributed by atoms with Crippen LogP contribution in [0.3, 0.4) is 0 Å². The first kappa shape index (κ1) is 23.7. The molecule has 4 heterocycles. The summed E-state index contributed by atoms with van der Waals surface area (Å²) in [4.78, 5) is 22.7. The van der Waals surface area contributed by atoms with Crippen LogP contribution in [-0.2, 0) is 11.2 Å². The average Bonchev–Trinajstić information content (AvgIpc) is 3.48. The van der Waals surface area contributed by atoms with Crippen LogP contribution in [0.15, 0.2) is 36.8 Å². The molecule has 184 valence electrons. The Bertz CT molecular complexity index is 1350. The van der Waals surface area contributed by atoms with Crippen molar-refractivity contribution in [3.05, 3.63) is 53.5 Å². The molecule has 6 nitrogen and oxygen atoms in total. The molecule has 0 unspecified atom stereocenters. The summed E-state index contributed by atoms with van der Waals surface area (Å²) in [6, 6.07) is 9.22. The summed E-state index contributed by atoms with van der Waals surface area (Å²) in [6.07, 6.45) is 6.84. The van der Waals surface area contributed by atoms with E-state index in [0.29, 0.717) is 24.2 Å². The summed E-state index contributed by atoms with van der Waals surface area (Å²) in [7, 11) is 0. The van der Waals surface area contributed by atoms with Crippen LogP contribution >= 0.6 is 0 Å². The van der Waals surface area contributed by atoms with Crippen LogP contribution in [-0.4, -0.2) is 49.9 Å². The highest BCUT2D eigenvalue weighted by Crippen LogP contribution is 2.38. The van der Waals surface area contributed by atoms with Gasteiger partial charge in [-0.05, 0) is 79.1 Å². The molecule has 0 radical (unpaired) electrons. The Hall–Kier alpha value is -2.99. The number of pyridine rings is 1. The van der Waals surface area contributed by atoms with Crippen molar-refractivity contribution in [3.8, 4) is 11.3 Å². The molecule has 3 aromatic heterocycles. The average molecular weight is 472 g/mol. The maximum absolute atomic E-state index is 12.2. The molecule has 0 amide bonds. The normalized spacial score (nSPS) is 15.7. The van der Waals surface area contributed by atoms with Crippen molar-refractivity contribution in [2.75, 3.05) is 19.6 Å². The molecule has 35 heavy (non-hydrogen) atoms. The molecule has 0 atom stereocenters. The number of piperidine rings is 1. The fraction of sp³-hybridized carbons (Fsp3) is 0.483. The van der Waals surface area contributed by atoms with Gasteiger partial charge < -0.3 is 4.98 Å². The zero-order valence-electron chi connectivity index (χ0n) is 21.6. The number of fused-ring (bicyclic) bond motifs is 2. The van der Waals surface area contributed by atoms with Gasteiger partial charge in [-0.3, -0.25) is 9.69 Å². The molecule has 0 saturated carbocycles. The maximum atomic E-state index is 12.2. The monoisotopic (exact) mass is 471 g/mol. The summed E-state index contributed by atoms with van der Waals surface area (Å²) >= 11 is 0. The van der Waals surface area contributed by atoms with Crippen LogP contribution in [0.4, 0.5) is 0 Å². The van der Waals surface area contributed by atoms with Gasteiger partial charge in [-0.1, -0.05) is 40.7 Å². The third kappa shape index (κ3) is 4.52. The first-order valence-electron chi connectivity index (χ1n) is 13.1. The van der Waals surface area contributed by atoms with E-state index in [9.17, 15) is 4.79 Å². The lowest BCUT2D eigenvalue weighted by Crippen LogP contribution is -2.38. The molecule has 1 N–H and O–H groups in total. The molecular formula is C29H37N5O. The zero-order valence-corrected chi connectivity index (χ0v) is 21.6. The molecule has 1 aliphatic rings. The standard InChI is InChI=1S/C29H37N5O/c1-6-20-13-23(15-34-29(20)30-17-31-34)28-27(19(4)5)24-14-22(7-8-25(24)32-28)21-9-11-33(12-10-21)16-26(35)18(2)3/h7-8,13-15,17-19,21,32H,6,9-12,16H2,1-5H3. The highest BCUT2D eigenvalue weighted by Gasteiger charge is 2.24.